The molecule has 1 fully saturated rings. The average molecular weight is 313 g/mol. The highest BCUT2D eigenvalue weighted by Crippen LogP contribution is 2.38. The molecular formula is C14H21BrN2O. The fourth-order valence-corrected chi connectivity index (χ4v) is 3.11. The zero-order valence-corrected chi connectivity index (χ0v) is 12.6. The topological polar surface area (TPSA) is 38.5 Å². The van der Waals surface area contributed by atoms with Crippen LogP contribution >= 0.6 is 15.9 Å². The van der Waals surface area contributed by atoms with Crippen LogP contribution in [0.15, 0.2) is 28.7 Å². The summed E-state index contributed by atoms with van der Waals surface area (Å²) in [7, 11) is 3.93. The number of benzene rings is 1. The Kier molecular flexibility index (Phi) is 4.43. The van der Waals surface area contributed by atoms with Crippen LogP contribution in [0.5, 0.6) is 0 Å². The lowest BCUT2D eigenvalue weighted by Gasteiger charge is -2.52. The number of likely N-dealkylation sites (N-methyl/N-ethyl adjacent to an activating group) is 1. The fraction of sp³-hybridized carbons (Fsp3) is 0.571. The highest BCUT2D eigenvalue weighted by atomic mass is 79.9. The van der Waals surface area contributed by atoms with Crippen LogP contribution in [-0.2, 0) is 11.3 Å². The summed E-state index contributed by atoms with van der Waals surface area (Å²) < 4.78 is 6.50. The lowest BCUT2D eigenvalue weighted by molar-refractivity contribution is -0.0811. The predicted molar refractivity (Wildman–Crippen MR) is 77.4 cm³/mol. The molecule has 1 aromatic rings. The number of hydrogen-bond donors (Lipinski definition) is 1. The van der Waals surface area contributed by atoms with Gasteiger partial charge in [-0.15, -0.1) is 0 Å². The molecule has 0 unspecified atom stereocenters. The summed E-state index contributed by atoms with van der Waals surface area (Å²) in [6, 6.07) is 8.43. The van der Waals surface area contributed by atoms with Crippen LogP contribution in [0.3, 0.4) is 0 Å². The molecule has 0 saturated heterocycles. The number of ether oxygens (including phenoxy) is 1. The van der Waals surface area contributed by atoms with Crippen LogP contribution in [0.25, 0.3) is 0 Å². The molecular weight excluding hydrogens is 292 g/mol. The molecule has 100 valence electrons. The summed E-state index contributed by atoms with van der Waals surface area (Å²) in [6.07, 6.45) is 2.44. The van der Waals surface area contributed by atoms with Crippen molar-refractivity contribution in [2.75, 3.05) is 20.7 Å². The predicted octanol–water partition coefficient (Wildman–Crippen LogP) is 2.39. The smallest absolute Gasteiger partial charge is 0.0607 e. The fourth-order valence-electron chi connectivity index (χ4n) is 2.67. The summed E-state index contributed by atoms with van der Waals surface area (Å²) in [4.78, 5) is 2.37. The number of nitrogens with zero attached hydrogens (tertiary/aromatic N) is 1. The number of hydrogen-bond acceptors (Lipinski definition) is 3. The molecule has 0 atom stereocenters. The van der Waals surface area contributed by atoms with E-state index >= 15 is 0 Å². The van der Waals surface area contributed by atoms with E-state index in [1.165, 1.54) is 5.56 Å². The van der Waals surface area contributed by atoms with E-state index in [9.17, 15) is 0 Å². The van der Waals surface area contributed by atoms with Crippen molar-refractivity contribution in [1.29, 1.82) is 0 Å². The third kappa shape index (κ3) is 2.77. The third-order valence-corrected chi connectivity index (χ3v) is 4.54. The molecule has 4 heteroatoms. The summed E-state index contributed by atoms with van der Waals surface area (Å²) in [5.74, 6) is 0. The first kappa shape index (κ1) is 14.0. The minimum atomic E-state index is 0.114. The van der Waals surface area contributed by atoms with E-state index in [-0.39, 0.29) is 5.54 Å². The van der Waals surface area contributed by atoms with Gasteiger partial charge in [0.15, 0.2) is 0 Å². The van der Waals surface area contributed by atoms with Crippen LogP contribution in [0.1, 0.15) is 18.4 Å². The van der Waals surface area contributed by atoms with Gasteiger partial charge in [0, 0.05) is 30.2 Å². The zero-order chi connectivity index (χ0) is 13.2. The Labute approximate surface area is 117 Å². The second-order valence-electron chi connectivity index (χ2n) is 5.18. The molecule has 0 amide bonds. The molecule has 0 aromatic heterocycles. The van der Waals surface area contributed by atoms with Crippen molar-refractivity contribution in [3.8, 4) is 0 Å². The van der Waals surface area contributed by atoms with E-state index in [1.54, 1.807) is 7.11 Å². The lowest BCUT2D eigenvalue weighted by Crippen LogP contribution is -2.62. The standard InChI is InChI=1S/C14H21BrN2O/c1-17(9-11-4-3-5-12(15)6-11)14(10-16)7-13(8-14)18-2/h3-6,13H,7-10,16H2,1-2H3. The molecule has 2 N–H and O–H groups in total. The second-order valence-corrected chi connectivity index (χ2v) is 6.10. The Morgan fingerprint density at radius 1 is 1.50 bits per heavy atom. The monoisotopic (exact) mass is 312 g/mol. The van der Waals surface area contributed by atoms with Gasteiger partial charge in [0.2, 0.25) is 0 Å². The van der Waals surface area contributed by atoms with E-state index in [0.29, 0.717) is 12.6 Å². The van der Waals surface area contributed by atoms with Gasteiger partial charge in [-0.05, 0) is 37.6 Å². The van der Waals surface area contributed by atoms with Crippen molar-refractivity contribution in [1.82, 2.24) is 4.90 Å². The van der Waals surface area contributed by atoms with E-state index in [0.717, 1.165) is 23.9 Å². The Hall–Kier alpha value is -0.420. The molecule has 0 heterocycles. The van der Waals surface area contributed by atoms with Gasteiger partial charge in [0.05, 0.1) is 6.10 Å². The minimum absolute atomic E-state index is 0.114. The molecule has 3 nitrogen and oxygen atoms in total. The van der Waals surface area contributed by atoms with Crippen LogP contribution in [-0.4, -0.2) is 37.2 Å². The first-order valence-electron chi connectivity index (χ1n) is 6.28. The highest BCUT2D eigenvalue weighted by Gasteiger charge is 2.46. The summed E-state index contributed by atoms with van der Waals surface area (Å²) in [5, 5.41) is 0. The quantitative estimate of drug-likeness (QED) is 0.907. The van der Waals surface area contributed by atoms with Crippen molar-refractivity contribution >= 4 is 15.9 Å². The summed E-state index contributed by atoms with van der Waals surface area (Å²) in [6.45, 7) is 1.62. The first-order chi connectivity index (χ1) is 8.59. The van der Waals surface area contributed by atoms with Gasteiger partial charge in [-0.3, -0.25) is 4.90 Å². The van der Waals surface area contributed by atoms with Gasteiger partial charge in [0.1, 0.15) is 0 Å². The highest BCUT2D eigenvalue weighted by molar-refractivity contribution is 9.10. The van der Waals surface area contributed by atoms with Gasteiger partial charge in [-0.25, -0.2) is 0 Å². The van der Waals surface area contributed by atoms with Gasteiger partial charge in [-0.2, -0.15) is 0 Å². The van der Waals surface area contributed by atoms with Gasteiger partial charge >= 0.3 is 0 Å². The molecule has 1 aromatic carbocycles. The summed E-state index contributed by atoms with van der Waals surface area (Å²) in [5.41, 5.74) is 7.38. The maximum Gasteiger partial charge on any atom is 0.0607 e. The van der Waals surface area contributed by atoms with Crippen LogP contribution in [0.2, 0.25) is 0 Å². The number of halogens is 1. The van der Waals surface area contributed by atoms with Crippen molar-refractivity contribution in [3.05, 3.63) is 34.3 Å². The van der Waals surface area contributed by atoms with Gasteiger partial charge in [0.25, 0.3) is 0 Å². The van der Waals surface area contributed by atoms with Gasteiger partial charge < -0.3 is 10.5 Å². The average Bonchev–Trinajstić information content (AvgIpc) is 2.28. The Morgan fingerprint density at radius 3 is 2.78 bits per heavy atom. The van der Waals surface area contributed by atoms with Crippen LogP contribution in [0, 0.1) is 0 Å². The lowest BCUT2D eigenvalue weighted by atomic mass is 9.73. The summed E-state index contributed by atoms with van der Waals surface area (Å²) >= 11 is 3.51. The molecule has 2 rings (SSSR count). The SMILES string of the molecule is COC1CC(CN)(N(C)Cc2cccc(Br)c2)C1. The third-order valence-electron chi connectivity index (χ3n) is 4.05. The van der Waals surface area contributed by atoms with Crippen molar-refractivity contribution in [2.24, 2.45) is 5.73 Å². The first-order valence-corrected chi connectivity index (χ1v) is 7.07. The molecule has 0 radical (unpaired) electrons. The van der Waals surface area contributed by atoms with E-state index in [2.05, 4.69) is 46.1 Å². The minimum Gasteiger partial charge on any atom is -0.381 e. The number of methoxy groups -OCH3 is 1. The number of rotatable bonds is 5. The maximum absolute atomic E-state index is 5.96. The molecule has 18 heavy (non-hydrogen) atoms. The van der Waals surface area contributed by atoms with E-state index < -0.39 is 0 Å². The molecule has 0 bridgehead atoms. The Balaban J connectivity index is 2.01. The molecule has 1 saturated carbocycles. The Bertz CT molecular complexity index is 405. The zero-order valence-electron chi connectivity index (χ0n) is 11.0. The molecule has 0 spiro atoms. The second kappa shape index (κ2) is 5.70. The van der Waals surface area contributed by atoms with Crippen molar-refractivity contribution < 1.29 is 4.74 Å². The maximum atomic E-state index is 5.96. The molecule has 0 aliphatic heterocycles. The number of nitrogens with two attached hydrogens (primary N) is 1. The largest absolute Gasteiger partial charge is 0.381 e. The normalized spacial score (nSPS) is 27.3. The Morgan fingerprint density at radius 2 is 2.22 bits per heavy atom. The van der Waals surface area contributed by atoms with Crippen LogP contribution < -0.4 is 5.73 Å². The molecule has 1 aliphatic rings. The van der Waals surface area contributed by atoms with Gasteiger partial charge in [-0.1, -0.05) is 28.1 Å². The van der Waals surface area contributed by atoms with Crippen molar-refractivity contribution in [3.63, 3.8) is 0 Å². The van der Waals surface area contributed by atoms with E-state index in [1.807, 2.05) is 6.07 Å². The molecule has 1 aliphatic carbocycles. The van der Waals surface area contributed by atoms with E-state index in [4.69, 9.17) is 10.5 Å². The van der Waals surface area contributed by atoms with Crippen molar-refractivity contribution in [2.45, 2.75) is 31.0 Å². The van der Waals surface area contributed by atoms with Crippen LogP contribution in [0.4, 0.5) is 0 Å².